The molecule has 0 radical (unpaired) electrons. The number of nitrogens with one attached hydrogen (secondary N) is 1. The maximum atomic E-state index is 12.5. The van der Waals surface area contributed by atoms with E-state index in [0.29, 0.717) is 18.0 Å². The van der Waals surface area contributed by atoms with Gasteiger partial charge in [-0.1, -0.05) is 19.9 Å². The maximum absolute atomic E-state index is 12.5. The van der Waals surface area contributed by atoms with Crippen LogP contribution in [0.25, 0.3) is 0 Å². The van der Waals surface area contributed by atoms with Gasteiger partial charge in [0.1, 0.15) is 12.3 Å². The standard InChI is InChI=1S/C15H21N3O3/c1-9(2)14-15(20)18(8-13(19)17-3)11-5-4-10(7-16)6-12(11)21-14/h4-6,9,14H,7-8,16H2,1-3H3,(H,17,19). The number of carbonyl (C=O) groups is 2. The predicted octanol–water partition coefficient (Wildman–Crippen LogP) is 0.641. The molecule has 1 aromatic carbocycles. The number of nitrogens with zero attached hydrogens (tertiary/aromatic N) is 1. The molecular formula is C15H21N3O3. The first kappa shape index (κ1) is 15.3. The van der Waals surface area contributed by atoms with Gasteiger partial charge in [-0.15, -0.1) is 0 Å². The molecule has 1 aliphatic rings. The molecule has 1 aliphatic heterocycles. The van der Waals surface area contributed by atoms with Gasteiger partial charge in [-0.2, -0.15) is 0 Å². The third kappa shape index (κ3) is 3.00. The van der Waals surface area contributed by atoms with Gasteiger partial charge < -0.3 is 15.8 Å². The Morgan fingerprint density at radius 3 is 2.76 bits per heavy atom. The van der Waals surface area contributed by atoms with Crippen LogP contribution in [-0.4, -0.2) is 31.5 Å². The molecule has 2 amide bonds. The zero-order chi connectivity index (χ0) is 15.6. The monoisotopic (exact) mass is 291 g/mol. The van der Waals surface area contributed by atoms with Gasteiger partial charge in [0.15, 0.2) is 6.10 Å². The van der Waals surface area contributed by atoms with E-state index in [4.69, 9.17) is 10.5 Å². The number of benzene rings is 1. The summed E-state index contributed by atoms with van der Waals surface area (Å²) in [5, 5.41) is 2.54. The zero-order valence-corrected chi connectivity index (χ0v) is 12.6. The number of amides is 2. The van der Waals surface area contributed by atoms with Gasteiger partial charge in [-0.05, 0) is 23.6 Å². The molecular weight excluding hydrogens is 270 g/mol. The third-order valence-electron chi connectivity index (χ3n) is 3.50. The molecule has 2 rings (SSSR count). The Labute approximate surface area is 124 Å². The number of ether oxygens (including phenoxy) is 1. The van der Waals surface area contributed by atoms with E-state index in [1.165, 1.54) is 4.90 Å². The van der Waals surface area contributed by atoms with Gasteiger partial charge >= 0.3 is 0 Å². The second kappa shape index (κ2) is 6.13. The average Bonchev–Trinajstić information content (AvgIpc) is 2.48. The Hall–Kier alpha value is -2.08. The maximum Gasteiger partial charge on any atom is 0.268 e. The summed E-state index contributed by atoms with van der Waals surface area (Å²) in [4.78, 5) is 25.7. The molecule has 0 aliphatic carbocycles. The van der Waals surface area contributed by atoms with Crippen LogP contribution in [0.1, 0.15) is 19.4 Å². The summed E-state index contributed by atoms with van der Waals surface area (Å²) in [5.41, 5.74) is 7.17. The molecule has 6 heteroatoms. The minimum absolute atomic E-state index is 0.0133. The normalized spacial score (nSPS) is 17.5. The number of likely N-dealkylation sites (N-methyl/N-ethyl adjacent to an activating group) is 1. The van der Waals surface area contributed by atoms with Crippen LogP contribution in [0.2, 0.25) is 0 Å². The van der Waals surface area contributed by atoms with E-state index in [0.717, 1.165) is 5.56 Å². The Balaban J connectivity index is 2.43. The fourth-order valence-electron chi connectivity index (χ4n) is 2.27. The molecule has 1 unspecified atom stereocenters. The molecule has 0 saturated heterocycles. The van der Waals surface area contributed by atoms with Crippen LogP contribution in [-0.2, 0) is 16.1 Å². The van der Waals surface area contributed by atoms with Crippen molar-refractivity contribution in [1.29, 1.82) is 0 Å². The number of fused-ring (bicyclic) bond motifs is 1. The van der Waals surface area contributed by atoms with Crippen molar-refractivity contribution in [3.63, 3.8) is 0 Å². The molecule has 0 fully saturated rings. The first-order chi connectivity index (χ1) is 9.97. The van der Waals surface area contributed by atoms with Crippen molar-refractivity contribution >= 4 is 17.5 Å². The summed E-state index contributed by atoms with van der Waals surface area (Å²) < 4.78 is 5.82. The fourth-order valence-corrected chi connectivity index (χ4v) is 2.27. The Morgan fingerprint density at radius 2 is 2.19 bits per heavy atom. The van der Waals surface area contributed by atoms with Gasteiger partial charge in [-0.3, -0.25) is 14.5 Å². The first-order valence-corrected chi connectivity index (χ1v) is 6.99. The summed E-state index contributed by atoms with van der Waals surface area (Å²) in [6.07, 6.45) is -0.588. The Kier molecular flexibility index (Phi) is 4.47. The molecule has 1 atom stereocenters. The number of hydrogen-bond donors (Lipinski definition) is 2. The molecule has 0 spiro atoms. The number of nitrogens with two attached hydrogens (primary N) is 1. The van der Waals surface area contributed by atoms with Gasteiger partial charge in [0.05, 0.1) is 5.69 Å². The lowest BCUT2D eigenvalue weighted by atomic mass is 10.0. The highest BCUT2D eigenvalue weighted by atomic mass is 16.5. The van der Waals surface area contributed by atoms with Crippen LogP contribution in [0.4, 0.5) is 5.69 Å². The van der Waals surface area contributed by atoms with Gasteiger partial charge in [0, 0.05) is 13.6 Å². The SMILES string of the molecule is CNC(=O)CN1C(=O)C(C(C)C)Oc2cc(CN)ccc21. The van der Waals surface area contributed by atoms with E-state index in [1.54, 1.807) is 13.1 Å². The molecule has 0 aromatic heterocycles. The van der Waals surface area contributed by atoms with Crippen molar-refractivity contribution < 1.29 is 14.3 Å². The summed E-state index contributed by atoms with van der Waals surface area (Å²) in [5.74, 6) is 0.197. The summed E-state index contributed by atoms with van der Waals surface area (Å²) in [6.45, 7) is 4.21. The molecule has 21 heavy (non-hydrogen) atoms. The first-order valence-electron chi connectivity index (χ1n) is 6.99. The Morgan fingerprint density at radius 1 is 1.48 bits per heavy atom. The van der Waals surface area contributed by atoms with E-state index in [1.807, 2.05) is 26.0 Å². The topological polar surface area (TPSA) is 84.7 Å². The minimum atomic E-state index is -0.588. The summed E-state index contributed by atoms with van der Waals surface area (Å²) in [6, 6.07) is 5.44. The third-order valence-corrected chi connectivity index (χ3v) is 3.50. The number of carbonyl (C=O) groups excluding carboxylic acids is 2. The predicted molar refractivity (Wildman–Crippen MR) is 80.0 cm³/mol. The summed E-state index contributed by atoms with van der Waals surface area (Å²) in [7, 11) is 1.55. The average molecular weight is 291 g/mol. The van der Waals surface area contributed by atoms with Crippen LogP contribution in [0, 0.1) is 5.92 Å². The van der Waals surface area contributed by atoms with Gasteiger partial charge in [0.25, 0.3) is 5.91 Å². The zero-order valence-electron chi connectivity index (χ0n) is 12.6. The minimum Gasteiger partial charge on any atom is -0.478 e. The van der Waals surface area contributed by atoms with Crippen LogP contribution < -0.4 is 20.7 Å². The lowest BCUT2D eigenvalue weighted by molar-refractivity contribution is -0.130. The highest BCUT2D eigenvalue weighted by molar-refractivity contribution is 6.04. The number of hydrogen-bond acceptors (Lipinski definition) is 4. The molecule has 0 saturated carbocycles. The molecule has 1 aromatic rings. The van der Waals surface area contributed by atoms with Crippen molar-refractivity contribution in [2.75, 3.05) is 18.5 Å². The van der Waals surface area contributed by atoms with Crippen molar-refractivity contribution in [1.82, 2.24) is 5.32 Å². The van der Waals surface area contributed by atoms with Crippen LogP contribution in [0.5, 0.6) is 5.75 Å². The highest BCUT2D eigenvalue weighted by Crippen LogP contribution is 2.36. The van der Waals surface area contributed by atoms with Gasteiger partial charge in [-0.25, -0.2) is 0 Å². The van der Waals surface area contributed by atoms with E-state index >= 15 is 0 Å². The van der Waals surface area contributed by atoms with Crippen molar-refractivity contribution in [3.8, 4) is 5.75 Å². The van der Waals surface area contributed by atoms with E-state index in [2.05, 4.69) is 5.32 Å². The van der Waals surface area contributed by atoms with Crippen LogP contribution in [0.3, 0.4) is 0 Å². The largest absolute Gasteiger partial charge is 0.478 e. The van der Waals surface area contributed by atoms with E-state index in [-0.39, 0.29) is 24.3 Å². The van der Waals surface area contributed by atoms with E-state index < -0.39 is 6.10 Å². The highest BCUT2D eigenvalue weighted by Gasteiger charge is 2.37. The number of rotatable bonds is 4. The smallest absolute Gasteiger partial charge is 0.268 e. The molecule has 3 N–H and O–H groups in total. The quantitative estimate of drug-likeness (QED) is 0.852. The lowest BCUT2D eigenvalue weighted by Crippen LogP contribution is -2.51. The number of anilines is 1. The van der Waals surface area contributed by atoms with Crippen LogP contribution in [0.15, 0.2) is 18.2 Å². The second-order valence-electron chi connectivity index (χ2n) is 5.39. The second-order valence-corrected chi connectivity index (χ2v) is 5.39. The molecule has 0 bridgehead atoms. The molecule has 1 heterocycles. The van der Waals surface area contributed by atoms with Crippen molar-refractivity contribution in [3.05, 3.63) is 23.8 Å². The summed E-state index contributed by atoms with van der Waals surface area (Å²) >= 11 is 0. The fraction of sp³-hybridized carbons (Fsp3) is 0.467. The van der Waals surface area contributed by atoms with E-state index in [9.17, 15) is 9.59 Å². The van der Waals surface area contributed by atoms with Crippen molar-refractivity contribution in [2.45, 2.75) is 26.5 Å². The molecule has 6 nitrogen and oxygen atoms in total. The Bertz CT molecular complexity index is 557. The molecule has 114 valence electrons. The lowest BCUT2D eigenvalue weighted by Gasteiger charge is -2.35. The van der Waals surface area contributed by atoms with Crippen LogP contribution >= 0.6 is 0 Å². The van der Waals surface area contributed by atoms with Gasteiger partial charge in [0.2, 0.25) is 5.91 Å². The van der Waals surface area contributed by atoms with Crippen molar-refractivity contribution in [2.24, 2.45) is 11.7 Å².